The predicted octanol–water partition coefficient (Wildman–Crippen LogP) is 3.10. The van der Waals surface area contributed by atoms with E-state index in [-0.39, 0.29) is 5.91 Å². The van der Waals surface area contributed by atoms with E-state index in [0.29, 0.717) is 16.7 Å². The Balaban J connectivity index is 1.26. The van der Waals surface area contributed by atoms with Gasteiger partial charge >= 0.3 is 0 Å². The third-order valence-electron chi connectivity index (χ3n) is 4.56. The van der Waals surface area contributed by atoms with E-state index >= 15 is 0 Å². The van der Waals surface area contributed by atoms with Crippen LogP contribution in [0, 0.1) is 0 Å². The number of pyridine rings is 1. The van der Waals surface area contributed by atoms with Crippen molar-refractivity contribution in [1.82, 2.24) is 19.8 Å². The van der Waals surface area contributed by atoms with E-state index in [1.165, 1.54) is 16.9 Å². The van der Waals surface area contributed by atoms with Crippen molar-refractivity contribution < 1.29 is 4.79 Å². The van der Waals surface area contributed by atoms with E-state index in [0.717, 1.165) is 42.9 Å². The number of carbonyl (C=O) groups excluding carboxylic acids is 1. The zero-order valence-corrected chi connectivity index (χ0v) is 16.3. The van der Waals surface area contributed by atoms with E-state index < -0.39 is 0 Å². The van der Waals surface area contributed by atoms with Crippen LogP contribution in [-0.4, -0.2) is 58.4 Å². The SMILES string of the molecule is O=C(CN1CCN(Cc2cccnc2)CC1)Nc1nc2ccc(Cl)cc2s1. The molecule has 1 saturated heterocycles. The Morgan fingerprint density at radius 3 is 2.78 bits per heavy atom. The zero-order chi connectivity index (χ0) is 18.6. The summed E-state index contributed by atoms with van der Waals surface area (Å²) in [6.45, 7) is 4.94. The Hall–Kier alpha value is -2.06. The lowest BCUT2D eigenvalue weighted by Crippen LogP contribution is -2.48. The lowest BCUT2D eigenvalue weighted by atomic mass is 10.2. The monoisotopic (exact) mass is 401 g/mol. The summed E-state index contributed by atoms with van der Waals surface area (Å²) in [7, 11) is 0. The van der Waals surface area contributed by atoms with Gasteiger partial charge in [0.15, 0.2) is 5.13 Å². The van der Waals surface area contributed by atoms with Gasteiger partial charge in [0.05, 0.1) is 16.8 Å². The fourth-order valence-electron chi connectivity index (χ4n) is 3.17. The molecule has 2 aromatic heterocycles. The van der Waals surface area contributed by atoms with Crippen molar-refractivity contribution in [3.05, 3.63) is 53.3 Å². The van der Waals surface area contributed by atoms with Crippen LogP contribution >= 0.6 is 22.9 Å². The number of halogens is 1. The van der Waals surface area contributed by atoms with Crippen LogP contribution in [0.5, 0.6) is 0 Å². The number of aromatic nitrogens is 2. The minimum absolute atomic E-state index is 0.0270. The molecule has 0 saturated carbocycles. The van der Waals surface area contributed by atoms with E-state index in [4.69, 9.17) is 11.6 Å². The highest BCUT2D eigenvalue weighted by molar-refractivity contribution is 7.22. The number of fused-ring (bicyclic) bond motifs is 1. The highest BCUT2D eigenvalue weighted by atomic mass is 35.5. The summed E-state index contributed by atoms with van der Waals surface area (Å²) in [6, 6.07) is 9.60. The Morgan fingerprint density at radius 1 is 1.19 bits per heavy atom. The van der Waals surface area contributed by atoms with E-state index in [2.05, 4.69) is 31.2 Å². The molecule has 6 nitrogen and oxygen atoms in total. The molecule has 0 unspecified atom stereocenters. The molecular weight excluding hydrogens is 382 g/mol. The molecule has 1 fully saturated rings. The van der Waals surface area contributed by atoms with Crippen LogP contribution in [0.2, 0.25) is 5.02 Å². The third kappa shape index (κ3) is 4.81. The van der Waals surface area contributed by atoms with Crippen LogP contribution in [0.25, 0.3) is 10.2 Å². The number of hydrogen-bond acceptors (Lipinski definition) is 6. The van der Waals surface area contributed by atoms with Crippen molar-refractivity contribution in [2.45, 2.75) is 6.54 Å². The number of nitrogens with zero attached hydrogens (tertiary/aromatic N) is 4. The molecule has 3 aromatic rings. The van der Waals surface area contributed by atoms with Crippen LogP contribution in [-0.2, 0) is 11.3 Å². The molecule has 1 amide bonds. The van der Waals surface area contributed by atoms with Crippen molar-refractivity contribution >= 4 is 44.2 Å². The molecule has 0 spiro atoms. The number of anilines is 1. The summed E-state index contributed by atoms with van der Waals surface area (Å²) < 4.78 is 0.974. The van der Waals surface area contributed by atoms with Crippen LogP contribution in [0.4, 0.5) is 5.13 Å². The first-order valence-electron chi connectivity index (χ1n) is 8.85. The van der Waals surface area contributed by atoms with Gasteiger partial charge in [-0.2, -0.15) is 0 Å². The van der Waals surface area contributed by atoms with Crippen molar-refractivity contribution in [3.8, 4) is 0 Å². The molecule has 0 aliphatic carbocycles. The standard InChI is InChI=1S/C19H20ClN5OS/c20-15-3-4-16-17(10-15)27-19(22-16)23-18(26)13-25-8-6-24(7-9-25)12-14-2-1-5-21-11-14/h1-5,10-11H,6-9,12-13H2,(H,22,23,26). The molecule has 140 valence electrons. The van der Waals surface area contributed by atoms with Gasteiger partial charge in [-0.1, -0.05) is 29.0 Å². The second-order valence-corrected chi connectivity index (χ2v) is 8.06. The number of nitrogens with one attached hydrogen (secondary N) is 1. The van der Waals surface area contributed by atoms with Gasteiger partial charge in [-0.05, 0) is 29.8 Å². The molecule has 27 heavy (non-hydrogen) atoms. The molecule has 4 rings (SSSR count). The number of piperazine rings is 1. The smallest absolute Gasteiger partial charge is 0.240 e. The molecule has 1 N–H and O–H groups in total. The maximum atomic E-state index is 12.4. The number of thiazole rings is 1. The summed E-state index contributed by atoms with van der Waals surface area (Å²) in [5.74, 6) is -0.0270. The summed E-state index contributed by atoms with van der Waals surface area (Å²) in [5, 5.41) is 4.20. The van der Waals surface area contributed by atoms with Gasteiger partial charge in [-0.3, -0.25) is 19.6 Å². The molecule has 0 atom stereocenters. The number of amides is 1. The molecule has 0 radical (unpaired) electrons. The summed E-state index contributed by atoms with van der Waals surface area (Å²) in [4.78, 5) is 25.5. The molecule has 1 aromatic carbocycles. The first kappa shape index (κ1) is 18.3. The summed E-state index contributed by atoms with van der Waals surface area (Å²) >= 11 is 7.45. The van der Waals surface area contributed by atoms with Crippen LogP contribution < -0.4 is 5.32 Å². The quantitative estimate of drug-likeness (QED) is 0.711. The van der Waals surface area contributed by atoms with Gasteiger partial charge in [0.2, 0.25) is 5.91 Å². The van der Waals surface area contributed by atoms with Crippen LogP contribution in [0.3, 0.4) is 0 Å². The minimum atomic E-state index is -0.0270. The third-order valence-corrected chi connectivity index (χ3v) is 5.73. The Bertz CT molecular complexity index is 924. The maximum Gasteiger partial charge on any atom is 0.240 e. The maximum absolute atomic E-state index is 12.4. The number of hydrogen-bond donors (Lipinski definition) is 1. The lowest BCUT2D eigenvalue weighted by Gasteiger charge is -2.34. The molecule has 3 heterocycles. The van der Waals surface area contributed by atoms with Crippen LogP contribution in [0.15, 0.2) is 42.7 Å². The normalized spacial score (nSPS) is 15.9. The van der Waals surface area contributed by atoms with E-state index in [1.807, 2.05) is 24.4 Å². The minimum Gasteiger partial charge on any atom is -0.301 e. The van der Waals surface area contributed by atoms with E-state index in [9.17, 15) is 4.79 Å². The first-order chi connectivity index (χ1) is 13.2. The molecular formula is C19H20ClN5OS. The Labute approximate surface area is 166 Å². The van der Waals surface area contributed by atoms with Gasteiger partial charge in [0.1, 0.15) is 0 Å². The number of rotatable bonds is 5. The fraction of sp³-hybridized carbons (Fsp3) is 0.316. The van der Waals surface area contributed by atoms with E-state index in [1.54, 1.807) is 12.3 Å². The number of benzene rings is 1. The topological polar surface area (TPSA) is 61.4 Å². The molecule has 1 aliphatic rings. The summed E-state index contributed by atoms with van der Waals surface area (Å²) in [6.07, 6.45) is 3.70. The van der Waals surface area contributed by atoms with Crippen molar-refractivity contribution in [1.29, 1.82) is 0 Å². The van der Waals surface area contributed by atoms with Gasteiger partial charge in [-0.15, -0.1) is 0 Å². The van der Waals surface area contributed by atoms with Gasteiger partial charge in [0.25, 0.3) is 0 Å². The number of carbonyl (C=O) groups is 1. The Morgan fingerprint density at radius 2 is 2.00 bits per heavy atom. The molecule has 8 heteroatoms. The predicted molar refractivity (Wildman–Crippen MR) is 109 cm³/mol. The van der Waals surface area contributed by atoms with Gasteiger partial charge < -0.3 is 5.32 Å². The first-order valence-corrected chi connectivity index (χ1v) is 10.0. The molecule has 1 aliphatic heterocycles. The van der Waals surface area contributed by atoms with Crippen molar-refractivity contribution in [2.75, 3.05) is 38.0 Å². The highest BCUT2D eigenvalue weighted by Gasteiger charge is 2.19. The van der Waals surface area contributed by atoms with Crippen molar-refractivity contribution in [3.63, 3.8) is 0 Å². The second-order valence-electron chi connectivity index (χ2n) is 6.59. The van der Waals surface area contributed by atoms with Gasteiger partial charge in [-0.25, -0.2) is 4.98 Å². The summed E-state index contributed by atoms with van der Waals surface area (Å²) in [5.41, 5.74) is 2.07. The molecule has 0 bridgehead atoms. The van der Waals surface area contributed by atoms with Crippen LogP contribution in [0.1, 0.15) is 5.56 Å². The average molecular weight is 402 g/mol. The highest BCUT2D eigenvalue weighted by Crippen LogP contribution is 2.28. The average Bonchev–Trinajstić information content (AvgIpc) is 3.05. The Kier molecular flexibility index (Phi) is 5.63. The fourth-order valence-corrected chi connectivity index (χ4v) is 4.33. The second kappa shape index (κ2) is 8.31. The lowest BCUT2D eigenvalue weighted by molar-refractivity contribution is -0.117. The largest absolute Gasteiger partial charge is 0.301 e. The zero-order valence-electron chi connectivity index (χ0n) is 14.8. The van der Waals surface area contributed by atoms with Gasteiger partial charge in [0, 0.05) is 50.1 Å². The van der Waals surface area contributed by atoms with Crippen molar-refractivity contribution in [2.24, 2.45) is 0 Å².